The Labute approximate surface area is 142 Å². The second kappa shape index (κ2) is 8.39. The van der Waals surface area contributed by atoms with Gasteiger partial charge >= 0.3 is 6.09 Å². The summed E-state index contributed by atoms with van der Waals surface area (Å²) >= 11 is 0. The molecule has 0 fully saturated rings. The molecule has 0 aliphatic rings. The highest BCUT2D eigenvalue weighted by atomic mass is 19.1. The third-order valence-electron chi connectivity index (χ3n) is 3.06. The van der Waals surface area contributed by atoms with Gasteiger partial charge in [0, 0.05) is 17.7 Å². The SMILES string of the molecule is COC(=O)NN=Cc1cc([N+](=O)[O-])ccc1OCc1ccc(F)cc1. The highest BCUT2D eigenvalue weighted by molar-refractivity contribution is 5.85. The summed E-state index contributed by atoms with van der Waals surface area (Å²) in [5, 5.41) is 14.5. The summed E-state index contributed by atoms with van der Waals surface area (Å²) in [6.07, 6.45) is 0.416. The van der Waals surface area contributed by atoms with Crippen molar-refractivity contribution in [1.82, 2.24) is 5.43 Å². The second-order valence-electron chi connectivity index (χ2n) is 4.76. The lowest BCUT2D eigenvalue weighted by atomic mass is 10.2. The minimum atomic E-state index is -0.782. The van der Waals surface area contributed by atoms with E-state index in [1.165, 1.54) is 43.7 Å². The van der Waals surface area contributed by atoms with Gasteiger partial charge in [0.25, 0.3) is 5.69 Å². The number of nitro benzene ring substituents is 1. The summed E-state index contributed by atoms with van der Waals surface area (Å²) in [5.41, 5.74) is 2.92. The normalized spacial score (nSPS) is 10.5. The van der Waals surface area contributed by atoms with E-state index in [4.69, 9.17) is 4.74 Å². The molecule has 8 nitrogen and oxygen atoms in total. The van der Waals surface area contributed by atoms with Crippen LogP contribution in [0.4, 0.5) is 14.9 Å². The van der Waals surface area contributed by atoms with Gasteiger partial charge in [0.2, 0.25) is 0 Å². The summed E-state index contributed by atoms with van der Waals surface area (Å²) in [6.45, 7) is 0.128. The Kier molecular flexibility index (Phi) is 5.99. The topological polar surface area (TPSA) is 103 Å². The van der Waals surface area contributed by atoms with Crippen LogP contribution in [-0.4, -0.2) is 24.3 Å². The third-order valence-corrected chi connectivity index (χ3v) is 3.06. The first-order chi connectivity index (χ1) is 12.0. The number of hydrazone groups is 1. The predicted octanol–water partition coefficient (Wildman–Crippen LogP) is 3.00. The summed E-state index contributed by atoms with van der Waals surface area (Å²) in [7, 11) is 1.18. The zero-order valence-corrected chi connectivity index (χ0v) is 13.1. The molecule has 0 radical (unpaired) electrons. The van der Waals surface area contributed by atoms with Crippen LogP contribution in [0, 0.1) is 15.9 Å². The van der Waals surface area contributed by atoms with Gasteiger partial charge in [-0.25, -0.2) is 14.6 Å². The van der Waals surface area contributed by atoms with Crippen LogP contribution in [0.2, 0.25) is 0 Å². The van der Waals surface area contributed by atoms with Crippen molar-refractivity contribution >= 4 is 18.0 Å². The van der Waals surface area contributed by atoms with Crippen molar-refractivity contribution in [2.75, 3.05) is 7.11 Å². The van der Waals surface area contributed by atoms with E-state index in [1.807, 2.05) is 0 Å². The van der Waals surface area contributed by atoms with E-state index in [2.05, 4.69) is 15.3 Å². The molecule has 1 N–H and O–H groups in total. The molecule has 0 spiro atoms. The van der Waals surface area contributed by atoms with Gasteiger partial charge in [-0.3, -0.25) is 10.1 Å². The van der Waals surface area contributed by atoms with E-state index >= 15 is 0 Å². The maximum absolute atomic E-state index is 12.9. The number of carbonyl (C=O) groups excluding carboxylic acids is 1. The number of hydrogen-bond acceptors (Lipinski definition) is 6. The Bertz CT molecular complexity index is 793. The number of nitrogens with zero attached hydrogens (tertiary/aromatic N) is 2. The highest BCUT2D eigenvalue weighted by Crippen LogP contribution is 2.23. The molecule has 0 aliphatic heterocycles. The van der Waals surface area contributed by atoms with E-state index in [0.29, 0.717) is 5.75 Å². The quantitative estimate of drug-likeness (QED) is 0.491. The van der Waals surface area contributed by atoms with Crippen molar-refractivity contribution in [3.05, 3.63) is 69.5 Å². The summed E-state index contributed by atoms with van der Waals surface area (Å²) in [5.74, 6) is -0.0499. The molecule has 0 aliphatic carbocycles. The summed E-state index contributed by atoms with van der Waals surface area (Å²) in [4.78, 5) is 21.3. The third kappa shape index (κ3) is 5.27. The van der Waals surface area contributed by atoms with Gasteiger partial charge in [-0.1, -0.05) is 12.1 Å². The number of hydrogen-bond donors (Lipinski definition) is 1. The second-order valence-corrected chi connectivity index (χ2v) is 4.76. The molecule has 0 heterocycles. The van der Waals surface area contributed by atoms with Crippen LogP contribution in [-0.2, 0) is 11.3 Å². The van der Waals surface area contributed by atoms with Crippen LogP contribution < -0.4 is 10.2 Å². The molecule has 2 rings (SSSR count). The van der Waals surface area contributed by atoms with Crippen LogP contribution in [0.25, 0.3) is 0 Å². The molecule has 9 heteroatoms. The molecule has 0 aromatic heterocycles. The number of nitrogens with one attached hydrogen (secondary N) is 1. The molecule has 0 atom stereocenters. The first-order valence-electron chi connectivity index (χ1n) is 7.02. The van der Waals surface area contributed by atoms with Gasteiger partial charge in [-0.15, -0.1) is 0 Å². The minimum absolute atomic E-state index is 0.128. The van der Waals surface area contributed by atoms with Gasteiger partial charge in [0.1, 0.15) is 18.2 Å². The zero-order valence-electron chi connectivity index (χ0n) is 13.1. The fraction of sp³-hybridized carbons (Fsp3) is 0.125. The fourth-order valence-corrected chi connectivity index (χ4v) is 1.82. The standard InChI is InChI=1S/C16H14FN3O5/c1-24-16(21)19-18-9-12-8-14(20(22)23)6-7-15(12)25-10-11-2-4-13(17)5-3-11/h2-9H,10H2,1H3,(H,19,21). The Morgan fingerprint density at radius 3 is 2.68 bits per heavy atom. The van der Waals surface area contributed by atoms with Gasteiger partial charge in [0.15, 0.2) is 0 Å². The van der Waals surface area contributed by atoms with Crippen molar-refractivity contribution in [1.29, 1.82) is 0 Å². The summed E-state index contributed by atoms with van der Waals surface area (Å²) in [6, 6.07) is 9.68. The van der Waals surface area contributed by atoms with Crippen LogP contribution >= 0.6 is 0 Å². The van der Waals surface area contributed by atoms with Crippen molar-refractivity contribution in [3.63, 3.8) is 0 Å². The minimum Gasteiger partial charge on any atom is -0.488 e. The van der Waals surface area contributed by atoms with Crippen LogP contribution in [0.5, 0.6) is 5.75 Å². The monoisotopic (exact) mass is 347 g/mol. The lowest BCUT2D eigenvalue weighted by molar-refractivity contribution is -0.384. The number of nitro groups is 1. The molecule has 0 unspecified atom stereocenters. The van der Waals surface area contributed by atoms with Crippen molar-refractivity contribution in [3.8, 4) is 5.75 Å². The average Bonchev–Trinajstić information content (AvgIpc) is 2.61. The lowest BCUT2D eigenvalue weighted by Gasteiger charge is -2.09. The fourth-order valence-electron chi connectivity index (χ4n) is 1.82. The Hall–Kier alpha value is -3.49. The molecule has 0 saturated heterocycles. The molecular formula is C16H14FN3O5. The average molecular weight is 347 g/mol. The Balaban J connectivity index is 2.18. The van der Waals surface area contributed by atoms with Crippen LogP contribution in [0.15, 0.2) is 47.6 Å². The number of halogens is 1. The maximum Gasteiger partial charge on any atom is 0.427 e. The first kappa shape index (κ1) is 17.9. The Morgan fingerprint density at radius 2 is 2.04 bits per heavy atom. The van der Waals surface area contributed by atoms with Gasteiger partial charge in [-0.2, -0.15) is 5.10 Å². The molecule has 0 saturated carbocycles. The molecule has 0 bridgehead atoms. The zero-order chi connectivity index (χ0) is 18.2. The largest absolute Gasteiger partial charge is 0.488 e. The summed E-state index contributed by atoms with van der Waals surface area (Å²) < 4.78 is 22.9. The molecule has 2 aromatic rings. The van der Waals surface area contributed by atoms with Gasteiger partial charge < -0.3 is 9.47 Å². The van der Waals surface area contributed by atoms with E-state index in [1.54, 1.807) is 12.1 Å². The van der Waals surface area contributed by atoms with Gasteiger partial charge in [-0.05, 0) is 23.8 Å². The van der Waals surface area contributed by atoms with E-state index < -0.39 is 11.0 Å². The highest BCUT2D eigenvalue weighted by Gasteiger charge is 2.11. The number of carbonyl (C=O) groups is 1. The number of rotatable bonds is 6. The van der Waals surface area contributed by atoms with E-state index in [0.717, 1.165) is 5.56 Å². The predicted molar refractivity (Wildman–Crippen MR) is 87.0 cm³/mol. The smallest absolute Gasteiger partial charge is 0.427 e. The molecule has 2 aromatic carbocycles. The van der Waals surface area contributed by atoms with Crippen molar-refractivity contribution in [2.45, 2.75) is 6.61 Å². The van der Waals surface area contributed by atoms with Crippen molar-refractivity contribution in [2.24, 2.45) is 5.10 Å². The molecular weight excluding hydrogens is 333 g/mol. The molecule has 25 heavy (non-hydrogen) atoms. The van der Waals surface area contributed by atoms with Crippen LogP contribution in [0.3, 0.4) is 0 Å². The van der Waals surface area contributed by atoms with E-state index in [-0.39, 0.29) is 23.7 Å². The number of amides is 1. The Morgan fingerprint density at radius 1 is 1.32 bits per heavy atom. The molecule has 130 valence electrons. The number of benzene rings is 2. The maximum atomic E-state index is 12.9. The molecule has 1 amide bonds. The number of methoxy groups -OCH3 is 1. The number of ether oxygens (including phenoxy) is 2. The van der Waals surface area contributed by atoms with Crippen molar-refractivity contribution < 1.29 is 23.6 Å². The first-order valence-corrected chi connectivity index (χ1v) is 7.02. The van der Waals surface area contributed by atoms with Gasteiger partial charge in [0.05, 0.1) is 18.2 Å². The van der Waals surface area contributed by atoms with E-state index in [9.17, 15) is 19.3 Å². The lowest BCUT2D eigenvalue weighted by Crippen LogP contribution is -2.16. The van der Waals surface area contributed by atoms with Crippen LogP contribution in [0.1, 0.15) is 11.1 Å². The number of non-ortho nitro benzene ring substituents is 1.